The van der Waals surface area contributed by atoms with Crippen LogP contribution < -0.4 is 10.6 Å². The predicted molar refractivity (Wildman–Crippen MR) is 149 cm³/mol. The van der Waals surface area contributed by atoms with Crippen LogP contribution in [0.2, 0.25) is 0 Å². The summed E-state index contributed by atoms with van der Waals surface area (Å²) in [5.41, 5.74) is 3.74. The Morgan fingerprint density at radius 3 is 2.38 bits per heavy atom. The minimum atomic E-state index is 0. The van der Waals surface area contributed by atoms with E-state index in [1.54, 1.807) is 0 Å². The number of nitrogens with one attached hydrogen (secondary N) is 2. The van der Waals surface area contributed by atoms with E-state index in [-0.39, 0.29) is 29.9 Å². The molecular weight excluding hydrogens is 537 g/mol. The Balaban J connectivity index is 0.00000324. The number of likely N-dealkylation sites (tertiary alicyclic amines) is 2. The largest absolute Gasteiger partial charge is 0.357 e. The second-order valence-corrected chi connectivity index (χ2v) is 9.06. The Hall–Kier alpha value is -2.13. The van der Waals surface area contributed by atoms with Gasteiger partial charge in [-0.3, -0.25) is 9.69 Å². The third-order valence-electron chi connectivity index (χ3n) is 6.56. The van der Waals surface area contributed by atoms with Gasteiger partial charge in [-0.05, 0) is 49.4 Å². The molecule has 4 rings (SSSR count). The monoisotopic (exact) mass is 575 g/mol. The summed E-state index contributed by atoms with van der Waals surface area (Å²) >= 11 is 0. The van der Waals surface area contributed by atoms with Crippen molar-refractivity contribution >= 4 is 35.8 Å². The second kappa shape index (κ2) is 13.7. The molecule has 1 amide bonds. The highest BCUT2D eigenvalue weighted by atomic mass is 127. The summed E-state index contributed by atoms with van der Waals surface area (Å²) in [6.45, 7) is 8.24. The molecule has 0 aromatic heterocycles. The first kappa shape index (κ1) is 26.5. The summed E-state index contributed by atoms with van der Waals surface area (Å²) < 4.78 is 0. The number of guanidine groups is 1. The normalized spacial score (nSPS) is 18.7. The molecule has 7 heteroatoms. The highest BCUT2D eigenvalue weighted by Crippen LogP contribution is 2.19. The SMILES string of the molecule is CCNC(=NCc1ccc(CN2CCCC2=O)cc1)NCC1CCCN1Cc1ccccc1.I. The molecular formula is C27H38IN5O. The molecule has 2 aliphatic heterocycles. The zero-order valence-corrected chi connectivity index (χ0v) is 22.5. The molecule has 2 aliphatic rings. The predicted octanol–water partition coefficient (Wildman–Crippen LogP) is 4.15. The van der Waals surface area contributed by atoms with Gasteiger partial charge in [0.25, 0.3) is 0 Å². The Kier molecular flexibility index (Phi) is 10.7. The van der Waals surface area contributed by atoms with E-state index in [0.29, 0.717) is 25.6 Å². The van der Waals surface area contributed by atoms with Crippen molar-refractivity contribution in [2.75, 3.05) is 26.2 Å². The van der Waals surface area contributed by atoms with E-state index in [1.165, 1.54) is 29.5 Å². The lowest BCUT2D eigenvalue weighted by Gasteiger charge is -2.25. The number of aliphatic imine (C=N–C) groups is 1. The summed E-state index contributed by atoms with van der Waals surface area (Å²) in [6, 6.07) is 19.8. The average molecular weight is 576 g/mol. The molecule has 2 aromatic rings. The molecule has 34 heavy (non-hydrogen) atoms. The molecule has 2 N–H and O–H groups in total. The van der Waals surface area contributed by atoms with Crippen molar-refractivity contribution in [2.24, 2.45) is 4.99 Å². The highest BCUT2D eigenvalue weighted by Gasteiger charge is 2.24. The van der Waals surface area contributed by atoms with Gasteiger partial charge >= 0.3 is 0 Å². The molecule has 0 aliphatic carbocycles. The molecule has 2 saturated heterocycles. The molecule has 184 valence electrons. The fraction of sp³-hybridized carbons (Fsp3) is 0.481. The molecule has 0 radical (unpaired) electrons. The van der Waals surface area contributed by atoms with Gasteiger partial charge in [-0.25, -0.2) is 4.99 Å². The third-order valence-corrected chi connectivity index (χ3v) is 6.56. The Morgan fingerprint density at radius 1 is 0.941 bits per heavy atom. The van der Waals surface area contributed by atoms with Gasteiger partial charge in [0.05, 0.1) is 6.54 Å². The minimum Gasteiger partial charge on any atom is -0.357 e. The number of carbonyl (C=O) groups excluding carboxylic acids is 1. The summed E-state index contributed by atoms with van der Waals surface area (Å²) in [5.74, 6) is 1.14. The van der Waals surface area contributed by atoms with Crippen molar-refractivity contribution in [2.45, 2.75) is 58.3 Å². The van der Waals surface area contributed by atoms with Crippen LogP contribution in [0.25, 0.3) is 0 Å². The fourth-order valence-electron chi connectivity index (χ4n) is 4.72. The van der Waals surface area contributed by atoms with Gasteiger partial charge in [0.2, 0.25) is 5.91 Å². The van der Waals surface area contributed by atoms with Gasteiger partial charge in [-0.2, -0.15) is 0 Å². The summed E-state index contributed by atoms with van der Waals surface area (Å²) in [5, 5.41) is 6.95. The highest BCUT2D eigenvalue weighted by molar-refractivity contribution is 14.0. The van der Waals surface area contributed by atoms with Crippen molar-refractivity contribution in [3.8, 4) is 0 Å². The number of nitrogens with zero attached hydrogens (tertiary/aromatic N) is 3. The fourth-order valence-corrected chi connectivity index (χ4v) is 4.72. The molecule has 2 heterocycles. The van der Waals surface area contributed by atoms with Crippen LogP contribution in [-0.2, 0) is 24.4 Å². The third kappa shape index (κ3) is 7.70. The zero-order valence-electron chi connectivity index (χ0n) is 20.2. The molecule has 0 bridgehead atoms. The quantitative estimate of drug-likeness (QED) is 0.268. The van der Waals surface area contributed by atoms with Crippen LogP contribution in [0.15, 0.2) is 59.6 Å². The van der Waals surface area contributed by atoms with E-state index in [0.717, 1.165) is 45.1 Å². The van der Waals surface area contributed by atoms with E-state index in [9.17, 15) is 4.79 Å². The lowest BCUT2D eigenvalue weighted by Crippen LogP contribution is -2.44. The van der Waals surface area contributed by atoms with E-state index in [1.807, 2.05) is 4.90 Å². The number of carbonyl (C=O) groups is 1. The minimum absolute atomic E-state index is 0. The first-order chi connectivity index (χ1) is 16.2. The number of hydrogen-bond donors (Lipinski definition) is 2. The summed E-state index contributed by atoms with van der Waals surface area (Å²) in [4.78, 5) is 21.2. The van der Waals surface area contributed by atoms with Gasteiger partial charge in [0.15, 0.2) is 5.96 Å². The average Bonchev–Trinajstić information content (AvgIpc) is 3.46. The van der Waals surface area contributed by atoms with Crippen molar-refractivity contribution in [3.05, 3.63) is 71.3 Å². The van der Waals surface area contributed by atoms with E-state index in [2.05, 4.69) is 77.1 Å². The van der Waals surface area contributed by atoms with E-state index >= 15 is 0 Å². The van der Waals surface area contributed by atoms with Crippen LogP contribution in [0.3, 0.4) is 0 Å². The first-order valence-corrected chi connectivity index (χ1v) is 12.4. The van der Waals surface area contributed by atoms with Gasteiger partial charge in [-0.15, -0.1) is 24.0 Å². The molecule has 1 atom stereocenters. The van der Waals surface area contributed by atoms with Crippen LogP contribution in [-0.4, -0.2) is 53.9 Å². The van der Waals surface area contributed by atoms with Crippen molar-refractivity contribution in [3.63, 3.8) is 0 Å². The van der Waals surface area contributed by atoms with Gasteiger partial charge in [0, 0.05) is 45.2 Å². The lowest BCUT2D eigenvalue weighted by atomic mass is 10.1. The number of hydrogen-bond acceptors (Lipinski definition) is 3. The molecule has 2 fully saturated rings. The Labute approximate surface area is 221 Å². The van der Waals surface area contributed by atoms with Gasteiger partial charge < -0.3 is 15.5 Å². The Bertz CT molecular complexity index is 918. The number of halogens is 1. The summed E-state index contributed by atoms with van der Waals surface area (Å²) in [6.07, 6.45) is 4.15. The van der Waals surface area contributed by atoms with Crippen molar-refractivity contribution in [1.82, 2.24) is 20.4 Å². The molecule has 1 unspecified atom stereocenters. The van der Waals surface area contributed by atoms with Gasteiger partial charge in [-0.1, -0.05) is 54.6 Å². The second-order valence-electron chi connectivity index (χ2n) is 9.06. The Morgan fingerprint density at radius 2 is 1.68 bits per heavy atom. The van der Waals surface area contributed by atoms with E-state index in [4.69, 9.17) is 4.99 Å². The van der Waals surface area contributed by atoms with E-state index < -0.39 is 0 Å². The van der Waals surface area contributed by atoms with Crippen LogP contribution >= 0.6 is 24.0 Å². The summed E-state index contributed by atoms with van der Waals surface area (Å²) in [7, 11) is 0. The zero-order chi connectivity index (χ0) is 22.9. The lowest BCUT2D eigenvalue weighted by molar-refractivity contribution is -0.128. The topological polar surface area (TPSA) is 60.0 Å². The first-order valence-electron chi connectivity index (χ1n) is 12.4. The maximum atomic E-state index is 11.8. The molecule has 0 spiro atoms. The van der Waals surface area contributed by atoms with Crippen LogP contribution in [0.4, 0.5) is 0 Å². The molecule has 0 saturated carbocycles. The number of rotatable bonds is 9. The van der Waals surface area contributed by atoms with Gasteiger partial charge in [0.1, 0.15) is 0 Å². The maximum absolute atomic E-state index is 11.8. The maximum Gasteiger partial charge on any atom is 0.222 e. The van der Waals surface area contributed by atoms with Crippen LogP contribution in [0.5, 0.6) is 0 Å². The van der Waals surface area contributed by atoms with Crippen LogP contribution in [0, 0.1) is 0 Å². The molecule has 2 aromatic carbocycles. The van der Waals surface area contributed by atoms with Crippen LogP contribution in [0.1, 0.15) is 49.3 Å². The van der Waals surface area contributed by atoms with Crippen molar-refractivity contribution < 1.29 is 4.79 Å². The molecule has 6 nitrogen and oxygen atoms in total. The number of amides is 1. The van der Waals surface area contributed by atoms with Crippen molar-refractivity contribution in [1.29, 1.82) is 0 Å². The standard InChI is InChI=1S/C27H37N5O.HI/c1-2-28-27(30-19-25-10-6-16-31(25)20-23-8-4-3-5-9-23)29-18-22-12-14-24(15-13-22)21-32-17-7-11-26(32)33;/h3-5,8-9,12-15,25H,2,6-7,10-11,16-21H2,1H3,(H2,28,29,30);1H. The number of benzene rings is 2. The smallest absolute Gasteiger partial charge is 0.222 e.